The largest absolute Gasteiger partial charge is 0.363 e. The van der Waals surface area contributed by atoms with E-state index in [-0.39, 0.29) is 0 Å². The van der Waals surface area contributed by atoms with Gasteiger partial charge in [-0.2, -0.15) is 0 Å². The van der Waals surface area contributed by atoms with Gasteiger partial charge in [-0.1, -0.05) is 39.3 Å². The third-order valence-electron chi connectivity index (χ3n) is 3.96. The Morgan fingerprint density at radius 2 is 2.00 bits per heavy atom. The van der Waals surface area contributed by atoms with Crippen molar-refractivity contribution in [2.24, 2.45) is 0 Å². The number of hydrogen-bond acceptors (Lipinski definition) is 4. The fourth-order valence-corrected chi connectivity index (χ4v) is 4.24. The molecule has 2 aromatic heterocycles. The topological polar surface area (TPSA) is 68.0 Å². The molecule has 0 fully saturated rings. The van der Waals surface area contributed by atoms with Crippen LogP contribution in [-0.4, -0.2) is 14.3 Å². The van der Waals surface area contributed by atoms with Gasteiger partial charge in [0.25, 0.3) is 0 Å². The average molecular weight is 428 g/mol. The van der Waals surface area contributed by atoms with Crippen LogP contribution in [0.4, 0.5) is 5.82 Å². The van der Waals surface area contributed by atoms with E-state index in [4.69, 9.17) is 4.52 Å². The van der Waals surface area contributed by atoms with E-state index < -0.39 is 11.0 Å². The standard InChI is InChI=1S/C19H14BrN3O2S/c1-12-2-4-16(17(20)10-12)19-15-5-3-14(11-13(15)6-8-21-19)26(24)23-18-7-9-25-22-18/h2-11H,1H3,(H,22,23). The Kier molecular flexibility index (Phi) is 4.57. The summed E-state index contributed by atoms with van der Waals surface area (Å²) in [6.07, 6.45) is 3.19. The second kappa shape index (κ2) is 7.01. The fourth-order valence-electron chi connectivity index (χ4n) is 2.72. The van der Waals surface area contributed by atoms with Crippen LogP contribution in [-0.2, 0) is 11.0 Å². The van der Waals surface area contributed by atoms with Gasteiger partial charge in [-0.15, -0.1) is 0 Å². The molecule has 4 aromatic rings. The first-order valence-corrected chi connectivity index (χ1v) is 9.80. The second-order valence-electron chi connectivity index (χ2n) is 5.78. The summed E-state index contributed by atoms with van der Waals surface area (Å²) in [6.45, 7) is 2.05. The number of fused-ring (bicyclic) bond motifs is 1. The average Bonchev–Trinajstić information content (AvgIpc) is 3.14. The molecule has 1 atom stereocenters. The molecule has 26 heavy (non-hydrogen) atoms. The van der Waals surface area contributed by atoms with Crippen LogP contribution in [0, 0.1) is 6.92 Å². The zero-order valence-electron chi connectivity index (χ0n) is 13.8. The molecule has 130 valence electrons. The highest BCUT2D eigenvalue weighted by Crippen LogP contribution is 2.33. The van der Waals surface area contributed by atoms with Crippen LogP contribution < -0.4 is 4.72 Å². The van der Waals surface area contributed by atoms with Crippen LogP contribution in [0.5, 0.6) is 0 Å². The summed E-state index contributed by atoms with van der Waals surface area (Å²) >= 11 is 3.63. The normalized spacial score (nSPS) is 12.2. The van der Waals surface area contributed by atoms with Gasteiger partial charge in [0.2, 0.25) is 0 Å². The Morgan fingerprint density at radius 3 is 2.77 bits per heavy atom. The van der Waals surface area contributed by atoms with Crippen LogP contribution in [0.25, 0.3) is 22.0 Å². The predicted octanol–water partition coefficient (Wildman–Crippen LogP) is 5.10. The van der Waals surface area contributed by atoms with Crippen molar-refractivity contribution in [3.63, 3.8) is 0 Å². The molecule has 0 aliphatic carbocycles. The molecule has 1 unspecified atom stereocenters. The zero-order valence-corrected chi connectivity index (χ0v) is 16.2. The summed E-state index contributed by atoms with van der Waals surface area (Å²) < 4.78 is 21.1. The van der Waals surface area contributed by atoms with Gasteiger partial charge in [-0.05, 0) is 42.1 Å². The first-order valence-electron chi connectivity index (χ1n) is 7.86. The molecule has 2 heterocycles. The maximum atomic E-state index is 12.5. The number of rotatable bonds is 4. The van der Waals surface area contributed by atoms with E-state index in [1.165, 1.54) is 11.8 Å². The summed E-state index contributed by atoms with van der Waals surface area (Å²) in [5, 5.41) is 5.69. The van der Waals surface area contributed by atoms with Crippen LogP contribution in [0.3, 0.4) is 0 Å². The second-order valence-corrected chi connectivity index (χ2v) is 7.85. The molecule has 5 nitrogen and oxygen atoms in total. The highest BCUT2D eigenvalue weighted by Gasteiger charge is 2.12. The van der Waals surface area contributed by atoms with Crippen molar-refractivity contribution < 1.29 is 8.73 Å². The SMILES string of the molecule is Cc1ccc(-c2nccc3cc(S(=O)Nc4ccon4)ccc23)c(Br)c1. The number of hydrogen-bond donors (Lipinski definition) is 1. The highest BCUT2D eigenvalue weighted by molar-refractivity contribution is 9.10. The smallest absolute Gasteiger partial charge is 0.181 e. The van der Waals surface area contributed by atoms with Crippen molar-refractivity contribution in [3.8, 4) is 11.3 Å². The van der Waals surface area contributed by atoms with Crippen molar-refractivity contribution in [2.45, 2.75) is 11.8 Å². The predicted molar refractivity (Wildman–Crippen MR) is 106 cm³/mol. The molecule has 4 rings (SSSR count). The Balaban J connectivity index is 1.75. The minimum atomic E-state index is -1.43. The summed E-state index contributed by atoms with van der Waals surface area (Å²) in [6, 6.07) is 15.4. The third-order valence-corrected chi connectivity index (χ3v) is 5.70. The maximum absolute atomic E-state index is 12.5. The third kappa shape index (κ3) is 3.27. The lowest BCUT2D eigenvalue weighted by Gasteiger charge is -2.10. The van der Waals surface area contributed by atoms with E-state index in [1.54, 1.807) is 12.3 Å². The number of halogens is 1. The molecule has 0 aliphatic heterocycles. The Labute approximate surface area is 161 Å². The van der Waals surface area contributed by atoms with E-state index in [9.17, 15) is 4.21 Å². The van der Waals surface area contributed by atoms with Crippen molar-refractivity contribution >= 4 is 43.5 Å². The van der Waals surface area contributed by atoms with Crippen molar-refractivity contribution in [1.82, 2.24) is 10.1 Å². The number of nitrogens with one attached hydrogen (secondary N) is 1. The van der Waals surface area contributed by atoms with Gasteiger partial charge in [0.15, 0.2) is 16.8 Å². The first-order chi connectivity index (χ1) is 12.6. The molecule has 0 spiro atoms. The van der Waals surface area contributed by atoms with Crippen molar-refractivity contribution in [2.75, 3.05) is 4.72 Å². The minimum absolute atomic E-state index is 0.433. The number of benzene rings is 2. The quantitative estimate of drug-likeness (QED) is 0.492. The Morgan fingerprint density at radius 1 is 1.12 bits per heavy atom. The summed E-state index contributed by atoms with van der Waals surface area (Å²) in [7, 11) is -1.43. The molecule has 1 N–H and O–H groups in total. The van der Waals surface area contributed by atoms with Gasteiger partial charge in [-0.25, -0.2) is 4.21 Å². The molecule has 0 saturated heterocycles. The van der Waals surface area contributed by atoms with E-state index in [0.29, 0.717) is 10.7 Å². The Hall–Kier alpha value is -2.51. The molecule has 0 saturated carbocycles. The molecule has 0 radical (unpaired) electrons. The van der Waals surface area contributed by atoms with Gasteiger partial charge < -0.3 is 4.52 Å². The summed E-state index contributed by atoms with van der Waals surface area (Å²) in [5.74, 6) is 0.433. The number of pyridine rings is 1. The lowest BCUT2D eigenvalue weighted by Crippen LogP contribution is -2.04. The minimum Gasteiger partial charge on any atom is -0.363 e. The van der Waals surface area contributed by atoms with Crippen LogP contribution in [0.15, 0.2) is 74.9 Å². The molecule has 0 bridgehead atoms. The lowest BCUT2D eigenvalue weighted by molar-refractivity contribution is 0.423. The van der Waals surface area contributed by atoms with Crippen LogP contribution >= 0.6 is 15.9 Å². The molecular formula is C19H14BrN3O2S. The van der Waals surface area contributed by atoms with Crippen LogP contribution in [0.2, 0.25) is 0 Å². The number of anilines is 1. The van der Waals surface area contributed by atoms with Crippen molar-refractivity contribution in [3.05, 3.63) is 71.0 Å². The molecular weight excluding hydrogens is 414 g/mol. The van der Waals surface area contributed by atoms with E-state index >= 15 is 0 Å². The van der Waals surface area contributed by atoms with Gasteiger partial charge in [0.1, 0.15) is 6.26 Å². The number of aromatic nitrogens is 2. The lowest BCUT2D eigenvalue weighted by atomic mass is 10.0. The van der Waals surface area contributed by atoms with Gasteiger partial charge >= 0.3 is 0 Å². The molecule has 2 aromatic carbocycles. The number of nitrogens with zero attached hydrogens (tertiary/aromatic N) is 2. The summed E-state index contributed by atoms with van der Waals surface area (Å²) in [5.41, 5.74) is 3.09. The monoisotopic (exact) mass is 427 g/mol. The molecule has 0 aliphatic rings. The first kappa shape index (κ1) is 16.9. The fraction of sp³-hybridized carbons (Fsp3) is 0.0526. The van der Waals surface area contributed by atoms with Crippen LogP contribution in [0.1, 0.15) is 5.56 Å². The van der Waals surface area contributed by atoms with Gasteiger partial charge in [-0.3, -0.25) is 9.71 Å². The van der Waals surface area contributed by atoms with E-state index in [1.807, 2.05) is 24.3 Å². The highest BCUT2D eigenvalue weighted by atomic mass is 79.9. The van der Waals surface area contributed by atoms with Gasteiger partial charge in [0, 0.05) is 27.7 Å². The molecule has 7 heteroatoms. The van der Waals surface area contributed by atoms with E-state index in [0.717, 1.165) is 26.5 Å². The molecule has 0 amide bonds. The van der Waals surface area contributed by atoms with Crippen molar-refractivity contribution in [1.29, 1.82) is 0 Å². The zero-order chi connectivity index (χ0) is 18.1. The maximum Gasteiger partial charge on any atom is 0.181 e. The van der Waals surface area contributed by atoms with Gasteiger partial charge in [0.05, 0.1) is 10.6 Å². The number of aryl methyl sites for hydroxylation is 1. The Bertz CT molecular complexity index is 1110. The van der Waals surface area contributed by atoms with E-state index in [2.05, 4.69) is 55.9 Å². The summed E-state index contributed by atoms with van der Waals surface area (Å²) in [4.78, 5) is 5.21.